The summed E-state index contributed by atoms with van der Waals surface area (Å²) in [6.07, 6.45) is 5.83. The van der Waals surface area contributed by atoms with E-state index in [1.54, 1.807) is 6.07 Å². The number of carbonyl (C=O) groups excluding carboxylic acids is 1. The van der Waals surface area contributed by atoms with Gasteiger partial charge in [-0.3, -0.25) is 4.79 Å². The Hall–Kier alpha value is -2.50. The van der Waals surface area contributed by atoms with Crippen LogP contribution < -0.4 is 9.47 Å². The summed E-state index contributed by atoms with van der Waals surface area (Å²) in [6.45, 7) is 0.788. The van der Waals surface area contributed by atoms with Crippen molar-refractivity contribution < 1.29 is 18.8 Å². The minimum atomic E-state index is -0.0803. The first-order chi connectivity index (χ1) is 11.3. The molecule has 1 aliphatic heterocycles. The Labute approximate surface area is 134 Å². The molecule has 2 aromatic rings. The second-order valence-electron chi connectivity index (χ2n) is 5.94. The number of carbonyl (C=O) groups is 1. The second-order valence-corrected chi connectivity index (χ2v) is 5.94. The number of fused-ring (bicyclic) bond motifs is 1. The highest BCUT2D eigenvalue weighted by atomic mass is 16.7. The van der Waals surface area contributed by atoms with Crippen molar-refractivity contribution in [1.29, 1.82) is 0 Å². The molecule has 0 radical (unpaired) electrons. The quantitative estimate of drug-likeness (QED) is 0.868. The van der Waals surface area contributed by atoms with E-state index in [0.717, 1.165) is 42.7 Å². The number of ether oxygens (including phenoxy) is 2. The highest BCUT2D eigenvalue weighted by Gasteiger charge is 2.29. The standard InChI is InChI=1S/C17H18N2O4/c20-17(14-7-8-23-18-14)19(13-3-1-2-4-13)10-12-5-6-15-16(9-12)22-11-21-15/h5-9,13H,1-4,10-11H2. The van der Waals surface area contributed by atoms with Crippen molar-refractivity contribution in [3.63, 3.8) is 0 Å². The van der Waals surface area contributed by atoms with Crippen molar-refractivity contribution in [2.45, 2.75) is 38.3 Å². The molecule has 0 spiro atoms. The van der Waals surface area contributed by atoms with Gasteiger partial charge < -0.3 is 18.9 Å². The van der Waals surface area contributed by atoms with Crippen LogP contribution in [0.3, 0.4) is 0 Å². The fourth-order valence-electron chi connectivity index (χ4n) is 3.29. The molecule has 1 fully saturated rings. The van der Waals surface area contributed by atoms with Gasteiger partial charge in [0.05, 0.1) is 0 Å². The van der Waals surface area contributed by atoms with Crippen LogP contribution in [0.1, 0.15) is 41.7 Å². The fraction of sp³-hybridized carbons (Fsp3) is 0.412. The van der Waals surface area contributed by atoms with Gasteiger partial charge >= 0.3 is 0 Å². The van der Waals surface area contributed by atoms with Crippen LogP contribution in [0.5, 0.6) is 11.5 Å². The van der Waals surface area contributed by atoms with Crippen LogP contribution >= 0.6 is 0 Å². The van der Waals surface area contributed by atoms with Crippen molar-refractivity contribution in [3.8, 4) is 11.5 Å². The SMILES string of the molecule is O=C(c1ccon1)N(Cc1ccc2c(c1)OCO2)C1CCCC1. The number of rotatable bonds is 4. The Balaban J connectivity index is 1.59. The summed E-state index contributed by atoms with van der Waals surface area (Å²) in [5, 5.41) is 3.80. The summed E-state index contributed by atoms with van der Waals surface area (Å²) in [6, 6.07) is 7.69. The molecule has 6 nitrogen and oxygen atoms in total. The molecule has 6 heteroatoms. The zero-order valence-electron chi connectivity index (χ0n) is 12.7. The molecule has 2 heterocycles. The molecule has 0 unspecified atom stereocenters. The van der Waals surface area contributed by atoms with Gasteiger partial charge in [-0.2, -0.15) is 0 Å². The summed E-state index contributed by atoms with van der Waals surface area (Å²) < 4.78 is 15.6. The second kappa shape index (κ2) is 5.95. The van der Waals surface area contributed by atoms with Crippen molar-refractivity contribution in [1.82, 2.24) is 10.1 Å². The number of aromatic nitrogens is 1. The number of benzene rings is 1. The van der Waals surface area contributed by atoms with Crippen LogP contribution in [-0.2, 0) is 6.54 Å². The van der Waals surface area contributed by atoms with E-state index >= 15 is 0 Å². The lowest BCUT2D eigenvalue weighted by atomic mass is 10.1. The Morgan fingerprint density at radius 1 is 1.17 bits per heavy atom. The largest absolute Gasteiger partial charge is 0.454 e. The average Bonchev–Trinajstić information content (AvgIpc) is 3.33. The van der Waals surface area contributed by atoms with E-state index in [4.69, 9.17) is 14.0 Å². The number of hydrogen-bond donors (Lipinski definition) is 0. The average molecular weight is 314 g/mol. The zero-order chi connectivity index (χ0) is 15.6. The molecule has 1 aromatic heterocycles. The predicted octanol–water partition coefficient (Wildman–Crippen LogP) is 2.99. The van der Waals surface area contributed by atoms with Crippen molar-refractivity contribution >= 4 is 5.91 Å². The predicted molar refractivity (Wildman–Crippen MR) is 81.2 cm³/mol. The number of amides is 1. The molecule has 1 saturated carbocycles. The van der Waals surface area contributed by atoms with Crippen LogP contribution in [0.4, 0.5) is 0 Å². The van der Waals surface area contributed by atoms with Gasteiger partial charge in [0.1, 0.15) is 6.26 Å². The van der Waals surface area contributed by atoms with Crippen LogP contribution in [-0.4, -0.2) is 28.8 Å². The van der Waals surface area contributed by atoms with E-state index in [1.807, 2.05) is 23.1 Å². The third-order valence-electron chi connectivity index (χ3n) is 4.47. The number of nitrogens with zero attached hydrogens (tertiary/aromatic N) is 2. The molecule has 2 aliphatic rings. The van der Waals surface area contributed by atoms with Gasteiger partial charge in [-0.25, -0.2) is 0 Å². The monoisotopic (exact) mass is 314 g/mol. The number of hydrogen-bond acceptors (Lipinski definition) is 5. The van der Waals surface area contributed by atoms with Crippen LogP contribution in [0.2, 0.25) is 0 Å². The lowest BCUT2D eigenvalue weighted by Crippen LogP contribution is -2.38. The smallest absolute Gasteiger partial charge is 0.276 e. The summed E-state index contributed by atoms with van der Waals surface area (Å²) in [5.74, 6) is 1.41. The van der Waals surface area contributed by atoms with Crippen molar-refractivity contribution in [3.05, 3.63) is 41.8 Å². The molecule has 120 valence electrons. The first kappa shape index (κ1) is 14.1. The van der Waals surface area contributed by atoms with Gasteiger partial charge in [0, 0.05) is 18.7 Å². The minimum absolute atomic E-state index is 0.0803. The molecule has 4 rings (SSSR count). The third kappa shape index (κ3) is 2.76. The van der Waals surface area contributed by atoms with Gasteiger partial charge in [0.15, 0.2) is 17.2 Å². The van der Waals surface area contributed by atoms with E-state index in [2.05, 4.69) is 5.16 Å². The zero-order valence-corrected chi connectivity index (χ0v) is 12.7. The topological polar surface area (TPSA) is 64.8 Å². The van der Waals surface area contributed by atoms with Crippen LogP contribution in [0.15, 0.2) is 35.1 Å². The van der Waals surface area contributed by atoms with E-state index < -0.39 is 0 Å². The Kier molecular flexibility index (Phi) is 3.65. The summed E-state index contributed by atoms with van der Waals surface area (Å²) in [7, 11) is 0. The molecular weight excluding hydrogens is 296 g/mol. The molecule has 0 bridgehead atoms. The Bertz CT molecular complexity index is 693. The van der Waals surface area contributed by atoms with Crippen molar-refractivity contribution in [2.24, 2.45) is 0 Å². The minimum Gasteiger partial charge on any atom is -0.454 e. The van der Waals surface area contributed by atoms with E-state index in [-0.39, 0.29) is 18.7 Å². The molecule has 1 amide bonds. The van der Waals surface area contributed by atoms with Gasteiger partial charge in [-0.15, -0.1) is 0 Å². The normalized spacial score (nSPS) is 16.7. The Morgan fingerprint density at radius 2 is 2.00 bits per heavy atom. The molecular formula is C17H18N2O4. The van der Waals surface area contributed by atoms with Crippen molar-refractivity contribution in [2.75, 3.05) is 6.79 Å². The molecule has 1 aliphatic carbocycles. The fourth-order valence-corrected chi connectivity index (χ4v) is 3.29. The van der Waals surface area contributed by atoms with E-state index in [1.165, 1.54) is 6.26 Å². The van der Waals surface area contributed by atoms with Gasteiger partial charge in [-0.1, -0.05) is 24.1 Å². The maximum Gasteiger partial charge on any atom is 0.276 e. The molecule has 23 heavy (non-hydrogen) atoms. The maximum atomic E-state index is 12.8. The summed E-state index contributed by atoms with van der Waals surface area (Å²) in [5.41, 5.74) is 1.38. The lowest BCUT2D eigenvalue weighted by molar-refractivity contribution is 0.0653. The molecule has 0 saturated heterocycles. The highest BCUT2D eigenvalue weighted by molar-refractivity contribution is 5.92. The van der Waals surface area contributed by atoms with E-state index in [9.17, 15) is 4.79 Å². The van der Waals surface area contributed by atoms with Gasteiger partial charge in [0.25, 0.3) is 5.91 Å². The van der Waals surface area contributed by atoms with Crippen LogP contribution in [0.25, 0.3) is 0 Å². The maximum absolute atomic E-state index is 12.8. The van der Waals surface area contributed by atoms with Gasteiger partial charge in [0.2, 0.25) is 6.79 Å². The molecule has 1 aromatic carbocycles. The van der Waals surface area contributed by atoms with Gasteiger partial charge in [-0.05, 0) is 30.5 Å². The van der Waals surface area contributed by atoms with Crippen LogP contribution in [0, 0.1) is 0 Å². The molecule has 0 N–H and O–H groups in total. The first-order valence-electron chi connectivity index (χ1n) is 7.91. The summed E-state index contributed by atoms with van der Waals surface area (Å²) >= 11 is 0. The van der Waals surface area contributed by atoms with E-state index in [0.29, 0.717) is 12.2 Å². The molecule has 0 atom stereocenters. The Morgan fingerprint density at radius 3 is 2.78 bits per heavy atom. The highest BCUT2D eigenvalue weighted by Crippen LogP contribution is 2.34. The third-order valence-corrected chi connectivity index (χ3v) is 4.47. The first-order valence-corrected chi connectivity index (χ1v) is 7.91. The summed E-state index contributed by atoms with van der Waals surface area (Å²) in [4.78, 5) is 14.7. The lowest BCUT2D eigenvalue weighted by Gasteiger charge is -2.28.